The molecule has 0 aliphatic heterocycles. The minimum absolute atomic E-state index is 0.748. The Morgan fingerprint density at radius 1 is 1.00 bits per heavy atom. The van der Waals surface area contributed by atoms with E-state index < -0.39 is 0 Å². The molecule has 0 aliphatic rings. The molecule has 0 bridgehead atoms. The summed E-state index contributed by atoms with van der Waals surface area (Å²) in [7, 11) is 0. The highest BCUT2D eigenvalue weighted by Crippen LogP contribution is 2.39. The summed E-state index contributed by atoms with van der Waals surface area (Å²) in [5.74, 6) is 0. The van der Waals surface area contributed by atoms with Crippen LogP contribution in [0.4, 0.5) is 0 Å². The summed E-state index contributed by atoms with van der Waals surface area (Å²) >= 11 is 13.9. The van der Waals surface area contributed by atoms with E-state index in [-0.39, 0.29) is 0 Å². The highest BCUT2D eigenvalue weighted by Gasteiger charge is 2.12. The molecule has 0 spiro atoms. The van der Waals surface area contributed by atoms with Crippen LogP contribution in [0.3, 0.4) is 0 Å². The number of fused-ring (bicyclic) bond motifs is 1. The van der Waals surface area contributed by atoms with Crippen molar-refractivity contribution in [2.24, 2.45) is 0 Å². The van der Waals surface area contributed by atoms with Crippen molar-refractivity contribution in [2.75, 3.05) is 0 Å². The number of hydrogen-bond donors (Lipinski definition) is 1. The van der Waals surface area contributed by atoms with Crippen molar-refractivity contribution in [3.05, 3.63) is 58.2 Å². The number of H-pyrrole nitrogens is 1. The summed E-state index contributed by atoms with van der Waals surface area (Å²) in [4.78, 5) is 5.68. The van der Waals surface area contributed by atoms with E-state index in [1.54, 1.807) is 11.8 Å². The van der Waals surface area contributed by atoms with Gasteiger partial charge in [0.05, 0.1) is 5.02 Å². The molecule has 4 heteroatoms. The Hall–Kier alpha value is -1.09. The van der Waals surface area contributed by atoms with Gasteiger partial charge >= 0.3 is 0 Å². The fourth-order valence-corrected chi connectivity index (χ4v) is 3.54. The van der Waals surface area contributed by atoms with Gasteiger partial charge in [0, 0.05) is 31.4 Å². The highest BCUT2D eigenvalue weighted by molar-refractivity contribution is 7.99. The summed E-state index contributed by atoms with van der Waals surface area (Å²) in [6.07, 6.45) is 0. The first-order valence-electron chi connectivity index (χ1n) is 5.85. The van der Waals surface area contributed by atoms with Crippen molar-refractivity contribution in [2.45, 2.75) is 16.7 Å². The minimum Gasteiger partial charge on any atom is -0.358 e. The number of aromatic amines is 1. The van der Waals surface area contributed by atoms with Gasteiger partial charge in [-0.15, -0.1) is 0 Å². The summed E-state index contributed by atoms with van der Waals surface area (Å²) in [5, 5.41) is 2.61. The molecule has 1 nitrogen and oxygen atoms in total. The Kier molecular flexibility index (Phi) is 3.48. The first-order chi connectivity index (χ1) is 9.15. The number of aromatic nitrogens is 1. The number of hydrogen-bond acceptors (Lipinski definition) is 1. The lowest BCUT2D eigenvalue weighted by molar-refractivity contribution is 1.23. The second-order valence-corrected chi connectivity index (χ2v) is 6.22. The molecule has 0 radical (unpaired) electrons. The minimum atomic E-state index is 0.748. The smallest absolute Gasteiger partial charge is 0.0511 e. The number of aryl methyl sites for hydroxylation is 1. The largest absolute Gasteiger partial charge is 0.358 e. The first-order valence-corrected chi connectivity index (χ1v) is 7.42. The molecular weight excluding hydrogens is 297 g/mol. The topological polar surface area (TPSA) is 15.8 Å². The molecule has 0 atom stereocenters. The first kappa shape index (κ1) is 12.9. The molecule has 0 saturated carbocycles. The molecule has 0 fully saturated rings. The molecule has 1 N–H and O–H groups in total. The molecule has 1 heterocycles. The quantitative estimate of drug-likeness (QED) is 0.620. The van der Waals surface area contributed by atoms with Crippen LogP contribution in [0.15, 0.2) is 52.3 Å². The average Bonchev–Trinajstić information content (AvgIpc) is 2.70. The van der Waals surface area contributed by atoms with Gasteiger partial charge in [-0.1, -0.05) is 41.0 Å². The predicted octanol–water partition coefficient (Wildman–Crippen LogP) is 5.93. The lowest BCUT2D eigenvalue weighted by Gasteiger charge is -2.03. The molecule has 0 saturated heterocycles. The van der Waals surface area contributed by atoms with Crippen LogP contribution in [0.1, 0.15) is 5.69 Å². The van der Waals surface area contributed by atoms with E-state index in [4.69, 9.17) is 23.2 Å². The van der Waals surface area contributed by atoms with Gasteiger partial charge in [0.1, 0.15) is 0 Å². The second kappa shape index (κ2) is 5.12. The van der Waals surface area contributed by atoms with Gasteiger partial charge < -0.3 is 4.98 Å². The number of halogens is 2. The van der Waals surface area contributed by atoms with Gasteiger partial charge in [-0.2, -0.15) is 0 Å². The maximum absolute atomic E-state index is 6.31. The van der Waals surface area contributed by atoms with Gasteiger partial charge in [0.2, 0.25) is 0 Å². The lowest BCUT2D eigenvalue weighted by atomic mass is 10.2. The molecule has 0 unspecified atom stereocenters. The van der Waals surface area contributed by atoms with Crippen LogP contribution in [0.25, 0.3) is 10.9 Å². The molecule has 2 aromatic carbocycles. The van der Waals surface area contributed by atoms with E-state index in [1.165, 1.54) is 4.90 Å². The summed E-state index contributed by atoms with van der Waals surface area (Å²) < 4.78 is 0. The van der Waals surface area contributed by atoms with E-state index >= 15 is 0 Å². The molecule has 1 aromatic heterocycles. The monoisotopic (exact) mass is 307 g/mol. The third kappa shape index (κ3) is 2.48. The third-order valence-corrected chi connectivity index (χ3v) is 4.73. The Labute approximate surface area is 125 Å². The maximum Gasteiger partial charge on any atom is 0.0511 e. The average molecular weight is 308 g/mol. The van der Waals surface area contributed by atoms with E-state index in [9.17, 15) is 0 Å². The number of rotatable bonds is 2. The molecule has 19 heavy (non-hydrogen) atoms. The fraction of sp³-hybridized carbons (Fsp3) is 0.0667. The van der Waals surface area contributed by atoms with Crippen molar-refractivity contribution >= 4 is 45.9 Å². The fourth-order valence-electron chi connectivity index (χ4n) is 2.05. The van der Waals surface area contributed by atoms with Crippen molar-refractivity contribution in [3.63, 3.8) is 0 Å². The lowest BCUT2D eigenvalue weighted by Crippen LogP contribution is -1.76. The number of benzene rings is 2. The van der Waals surface area contributed by atoms with E-state index in [0.29, 0.717) is 0 Å². The Morgan fingerprint density at radius 3 is 2.47 bits per heavy atom. The van der Waals surface area contributed by atoms with Crippen molar-refractivity contribution in [1.82, 2.24) is 4.98 Å². The Morgan fingerprint density at radius 2 is 1.74 bits per heavy atom. The molecular formula is C15H11Cl2NS. The molecule has 96 valence electrons. The van der Waals surface area contributed by atoms with Crippen molar-refractivity contribution < 1.29 is 0 Å². The van der Waals surface area contributed by atoms with E-state index in [0.717, 1.165) is 31.5 Å². The van der Waals surface area contributed by atoms with Crippen LogP contribution in [0.2, 0.25) is 10.0 Å². The van der Waals surface area contributed by atoms with Crippen LogP contribution in [0, 0.1) is 6.92 Å². The maximum atomic E-state index is 6.31. The third-order valence-electron chi connectivity index (χ3n) is 2.94. The highest BCUT2D eigenvalue weighted by atomic mass is 35.5. The van der Waals surface area contributed by atoms with Crippen LogP contribution in [0.5, 0.6) is 0 Å². The van der Waals surface area contributed by atoms with Gasteiger partial charge in [-0.05, 0) is 43.3 Å². The second-order valence-electron chi connectivity index (χ2n) is 4.30. The zero-order valence-corrected chi connectivity index (χ0v) is 12.5. The van der Waals surface area contributed by atoms with Gasteiger partial charge in [0.15, 0.2) is 0 Å². The summed E-state index contributed by atoms with van der Waals surface area (Å²) in [6, 6.07) is 13.7. The predicted molar refractivity (Wildman–Crippen MR) is 83.6 cm³/mol. The summed E-state index contributed by atoms with van der Waals surface area (Å²) in [5.41, 5.74) is 2.20. The van der Waals surface area contributed by atoms with Crippen LogP contribution >= 0.6 is 35.0 Å². The normalized spacial score (nSPS) is 11.1. The molecule has 0 amide bonds. The Bertz CT molecular complexity index is 732. The van der Waals surface area contributed by atoms with Crippen LogP contribution < -0.4 is 0 Å². The molecule has 0 aliphatic carbocycles. The standard InChI is InChI=1S/C15H11Cl2NS/c1-9-15(19-11-7-5-10(16)6-8-11)14-12(17)3-2-4-13(14)18-9/h2-8,18H,1H3. The van der Waals surface area contributed by atoms with Gasteiger partial charge in [-0.25, -0.2) is 0 Å². The Balaban J connectivity index is 2.09. The van der Waals surface area contributed by atoms with Crippen LogP contribution in [-0.4, -0.2) is 4.98 Å². The van der Waals surface area contributed by atoms with Crippen LogP contribution in [-0.2, 0) is 0 Å². The van der Waals surface area contributed by atoms with Crippen molar-refractivity contribution in [3.8, 4) is 0 Å². The van der Waals surface area contributed by atoms with E-state index in [2.05, 4.69) is 11.9 Å². The molecule has 3 aromatic rings. The molecule has 3 rings (SSSR count). The SMILES string of the molecule is Cc1[nH]c2cccc(Cl)c2c1Sc1ccc(Cl)cc1. The summed E-state index contributed by atoms with van der Waals surface area (Å²) in [6.45, 7) is 2.06. The van der Waals surface area contributed by atoms with Crippen molar-refractivity contribution in [1.29, 1.82) is 0 Å². The van der Waals surface area contributed by atoms with Gasteiger partial charge in [0.25, 0.3) is 0 Å². The number of nitrogens with one attached hydrogen (secondary N) is 1. The van der Waals surface area contributed by atoms with Gasteiger partial charge in [-0.3, -0.25) is 0 Å². The zero-order valence-electron chi connectivity index (χ0n) is 10.2. The zero-order chi connectivity index (χ0) is 13.4. The van der Waals surface area contributed by atoms with E-state index in [1.807, 2.05) is 42.5 Å².